The first kappa shape index (κ1) is 12.1. The van der Waals surface area contributed by atoms with E-state index in [9.17, 15) is 9.59 Å². The van der Waals surface area contributed by atoms with Gasteiger partial charge in [0.25, 0.3) is 5.56 Å². The number of benzene rings is 1. The highest BCUT2D eigenvalue weighted by Gasteiger charge is 2.07. The van der Waals surface area contributed by atoms with Crippen molar-refractivity contribution in [3.8, 4) is 0 Å². The summed E-state index contributed by atoms with van der Waals surface area (Å²) in [6, 6.07) is 5.21. The van der Waals surface area contributed by atoms with Gasteiger partial charge in [0.1, 0.15) is 0 Å². The minimum absolute atomic E-state index is 0.264. The first-order valence-electron chi connectivity index (χ1n) is 5.20. The van der Waals surface area contributed by atoms with E-state index in [4.69, 9.17) is 0 Å². The van der Waals surface area contributed by atoms with Gasteiger partial charge in [-0.15, -0.1) is 0 Å². The van der Waals surface area contributed by atoms with Crippen molar-refractivity contribution in [1.82, 2.24) is 14.9 Å². The molecule has 0 radical (unpaired) electrons. The van der Waals surface area contributed by atoms with E-state index >= 15 is 0 Å². The molecule has 5 nitrogen and oxygen atoms in total. The van der Waals surface area contributed by atoms with Gasteiger partial charge in [-0.25, -0.2) is 4.79 Å². The Labute approximate surface area is 106 Å². The van der Waals surface area contributed by atoms with Crippen molar-refractivity contribution < 1.29 is 0 Å². The molecule has 0 fully saturated rings. The van der Waals surface area contributed by atoms with Crippen LogP contribution in [0.15, 0.2) is 32.3 Å². The molecule has 1 aromatic carbocycles. The maximum atomic E-state index is 12.1. The Hall–Kier alpha value is -1.40. The van der Waals surface area contributed by atoms with Crippen LogP contribution in [0, 0.1) is 0 Å². The predicted octanol–water partition coefficient (Wildman–Crippen LogP) is 0.672. The molecule has 0 aliphatic heterocycles. The van der Waals surface area contributed by atoms with Gasteiger partial charge in [0.05, 0.1) is 10.9 Å². The van der Waals surface area contributed by atoms with Crippen molar-refractivity contribution in [2.45, 2.75) is 6.54 Å². The number of hydrogen-bond acceptors (Lipinski definition) is 3. The normalized spacial score (nSPS) is 10.9. The maximum absolute atomic E-state index is 12.1. The molecule has 6 heteroatoms. The van der Waals surface area contributed by atoms with Gasteiger partial charge in [-0.3, -0.25) is 9.36 Å². The Morgan fingerprint density at radius 3 is 2.88 bits per heavy atom. The first-order valence-corrected chi connectivity index (χ1v) is 6.00. The van der Waals surface area contributed by atoms with Gasteiger partial charge < -0.3 is 10.3 Å². The van der Waals surface area contributed by atoms with Gasteiger partial charge in [0, 0.05) is 17.6 Å². The molecule has 2 aromatic rings. The number of halogens is 1. The number of likely N-dealkylation sites (N-methyl/N-ethyl adjacent to an activating group) is 1. The molecule has 0 aliphatic rings. The summed E-state index contributed by atoms with van der Waals surface area (Å²) in [5.41, 5.74) is -0.0794. The minimum Gasteiger partial charge on any atom is -0.318 e. The third-order valence-electron chi connectivity index (χ3n) is 2.53. The zero-order chi connectivity index (χ0) is 12.4. The van der Waals surface area contributed by atoms with Crippen LogP contribution in [0.5, 0.6) is 0 Å². The summed E-state index contributed by atoms with van der Waals surface area (Å²) in [7, 11) is 1.77. The maximum Gasteiger partial charge on any atom is 0.328 e. The Balaban J connectivity index is 2.69. The lowest BCUT2D eigenvalue weighted by atomic mass is 10.2. The fourth-order valence-corrected chi connectivity index (χ4v) is 2.01. The van der Waals surface area contributed by atoms with Crippen molar-refractivity contribution >= 4 is 26.8 Å². The molecule has 0 unspecified atom stereocenters. The topological polar surface area (TPSA) is 66.9 Å². The third-order valence-corrected chi connectivity index (χ3v) is 3.02. The Kier molecular flexibility index (Phi) is 3.44. The van der Waals surface area contributed by atoms with Crippen LogP contribution in [0.1, 0.15) is 0 Å². The van der Waals surface area contributed by atoms with Crippen LogP contribution >= 0.6 is 15.9 Å². The van der Waals surface area contributed by atoms with Gasteiger partial charge in [-0.1, -0.05) is 15.9 Å². The summed E-state index contributed by atoms with van der Waals surface area (Å²) in [5.74, 6) is 0. The average molecular weight is 298 g/mol. The molecule has 0 saturated heterocycles. The largest absolute Gasteiger partial charge is 0.328 e. The van der Waals surface area contributed by atoms with Gasteiger partial charge in [0.15, 0.2) is 0 Å². The molecule has 0 saturated carbocycles. The molecule has 0 atom stereocenters. The summed E-state index contributed by atoms with van der Waals surface area (Å²) in [5, 5.41) is 3.42. The minimum atomic E-state index is -0.375. The highest BCUT2D eigenvalue weighted by atomic mass is 79.9. The number of hydrogen-bond donors (Lipinski definition) is 2. The van der Waals surface area contributed by atoms with E-state index in [2.05, 4.69) is 26.2 Å². The summed E-state index contributed by atoms with van der Waals surface area (Å²) in [6.45, 7) is 0.926. The second-order valence-corrected chi connectivity index (χ2v) is 4.60. The molecule has 0 aliphatic carbocycles. The van der Waals surface area contributed by atoms with E-state index in [0.717, 1.165) is 4.47 Å². The van der Waals surface area contributed by atoms with E-state index in [1.807, 2.05) is 0 Å². The molecule has 2 N–H and O–H groups in total. The quantitative estimate of drug-likeness (QED) is 0.875. The molecule has 0 bridgehead atoms. The van der Waals surface area contributed by atoms with Crippen LogP contribution in [0.4, 0.5) is 0 Å². The monoisotopic (exact) mass is 297 g/mol. The number of aromatic amines is 1. The Bertz CT molecular complexity index is 660. The van der Waals surface area contributed by atoms with Crippen LogP contribution < -0.4 is 16.6 Å². The molecule has 90 valence electrons. The SMILES string of the molecule is CNCCn1c(=O)[nH]c2ccc(Br)cc2c1=O. The fourth-order valence-electron chi connectivity index (χ4n) is 1.65. The highest BCUT2D eigenvalue weighted by Crippen LogP contribution is 2.13. The molecule has 1 heterocycles. The fraction of sp³-hybridized carbons (Fsp3) is 0.273. The summed E-state index contributed by atoms with van der Waals surface area (Å²) in [4.78, 5) is 26.5. The molecule has 0 spiro atoms. The number of rotatable bonds is 3. The third kappa shape index (κ3) is 2.32. The zero-order valence-corrected chi connectivity index (χ0v) is 10.9. The molecular weight excluding hydrogens is 286 g/mol. The second kappa shape index (κ2) is 4.85. The van der Waals surface area contributed by atoms with Crippen LogP contribution in [-0.4, -0.2) is 23.1 Å². The van der Waals surface area contributed by atoms with Crippen LogP contribution in [0.3, 0.4) is 0 Å². The van der Waals surface area contributed by atoms with E-state index in [1.165, 1.54) is 4.57 Å². The average Bonchev–Trinajstić information content (AvgIpc) is 2.30. The summed E-state index contributed by atoms with van der Waals surface area (Å²) < 4.78 is 2.01. The number of fused-ring (bicyclic) bond motifs is 1. The van der Waals surface area contributed by atoms with Crippen LogP contribution in [0.2, 0.25) is 0 Å². The zero-order valence-electron chi connectivity index (χ0n) is 9.29. The molecule has 1 aromatic heterocycles. The van der Waals surface area contributed by atoms with Gasteiger partial charge in [-0.05, 0) is 25.2 Å². The van der Waals surface area contributed by atoms with Crippen LogP contribution in [-0.2, 0) is 6.54 Å². The lowest BCUT2D eigenvalue weighted by molar-refractivity contribution is 0.602. The molecule has 2 rings (SSSR count). The van der Waals surface area contributed by atoms with E-state index in [0.29, 0.717) is 24.0 Å². The van der Waals surface area contributed by atoms with E-state index < -0.39 is 0 Å². The molecule has 17 heavy (non-hydrogen) atoms. The summed E-state index contributed by atoms with van der Waals surface area (Å²) >= 11 is 3.31. The lowest BCUT2D eigenvalue weighted by Crippen LogP contribution is -2.37. The summed E-state index contributed by atoms with van der Waals surface area (Å²) in [6.07, 6.45) is 0. The van der Waals surface area contributed by atoms with Crippen LogP contribution in [0.25, 0.3) is 10.9 Å². The van der Waals surface area contributed by atoms with Gasteiger partial charge in [-0.2, -0.15) is 0 Å². The van der Waals surface area contributed by atoms with Crippen molar-refractivity contribution in [1.29, 1.82) is 0 Å². The smallest absolute Gasteiger partial charge is 0.318 e. The number of aromatic nitrogens is 2. The van der Waals surface area contributed by atoms with Gasteiger partial charge >= 0.3 is 5.69 Å². The predicted molar refractivity (Wildman–Crippen MR) is 70.5 cm³/mol. The number of nitrogens with one attached hydrogen (secondary N) is 2. The lowest BCUT2D eigenvalue weighted by Gasteiger charge is -2.05. The van der Waals surface area contributed by atoms with Crippen molar-refractivity contribution in [2.75, 3.05) is 13.6 Å². The molecular formula is C11H12BrN3O2. The standard InChI is InChI=1S/C11H12BrN3O2/c1-13-4-5-15-10(16)8-6-7(12)2-3-9(8)14-11(15)17/h2-3,6,13H,4-5H2,1H3,(H,14,17). The van der Waals surface area contributed by atoms with E-state index in [1.54, 1.807) is 25.2 Å². The molecule has 0 amide bonds. The van der Waals surface area contributed by atoms with Gasteiger partial charge in [0.2, 0.25) is 0 Å². The second-order valence-electron chi connectivity index (χ2n) is 3.68. The van der Waals surface area contributed by atoms with Crippen molar-refractivity contribution in [3.63, 3.8) is 0 Å². The Morgan fingerprint density at radius 1 is 1.41 bits per heavy atom. The van der Waals surface area contributed by atoms with E-state index in [-0.39, 0.29) is 11.2 Å². The number of nitrogens with zero attached hydrogens (tertiary/aromatic N) is 1. The Morgan fingerprint density at radius 2 is 2.18 bits per heavy atom. The van der Waals surface area contributed by atoms with Crippen molar-refractivity contribution in [2.24, 2.45) is 0 Å². The van der Waals surface area contributed by atoms with Crippen molar-refractivity contribution in [3.05, 3.63) is 43.5 Å². The number of H-pyrrole nitrogens is 1. The first-order chi connectivity index (χ1) is 8.13. The highest BCUT2D eigenvalue weighted by molar-refractivity contribution is 9.10.